The third-order valence-corrected chi connectivity index (χ3v) is 4.16. The zero-order valence-corrected chi connectivity index (χ0v) is 17.1. The van der Waals surface area contributed by atoms with E-state index < -0.39 is 6.09 Å². The SMILES string of the molecule is COCCOc1cc(C)cc(C(OCCNC(=O)OC)c2cccc(Cl)c2)c1. The molecule has 7 heteroatoms. The van der Waals surface area contributed by atoms with Crippen molar-refractivity contribution >= 4 is 17.7 Å². The third kappa shape index (κ3) is 7.03. The first-order chi connectivity index (χ1) is 13.5. The first-order valence-electron chi connectivity index (χ1n) is 8.95. The highest BCUT2D eigenvalue weighted by Crippen LogP contribution is 2.31. The Morgan fingerprint density at radius 1 is 1.07 bits per heavy atom. The molecule has 0 radical (unpaired) electrons. The molecule has 28 heavy (non-hydrogen) atoms. The average Bonchev–Trinajstić information content (AvgIpc) is 2.67. The average molecular weight is 408 g/mol. The molecule has 1 amide bonds. The molecule has 2 rings (SSSR count). The summed E-state index contributed by atoms with van der Waals surface area (Å²) in [6, 6.07) is 13.5. The summed E-state index contributed by atoms with van der Waals surface area (Å²) in [4.78, 5) is 11.2. The number of benzene rings is 2. The number of carbonyl (C=O) groups excluding carboxylic acids is 1. The molecule has 0 aromatic heterocycles. The molecule has 0 aliphatic heterocycles. The fraction of sp³-hybridized carbons (Fsp3) is 0.381. The standard InChI is InChI=1S/C21H26ClNO5/c1-15-11-17(14-19(12-15)27-10-9-25-2)20(16-5-4-6-18(22)13-16)28-8-7-23-21(24)26-3/h4-6,11-14,20H,7-10H2,1-3H3,(H,23,24). The number of carbonyl (C=O) groups is 1. The van der Waals surface area contributed by atoms with Gasteiger partial charge in [0.1, 0.15) is 18.5 Å². The molecule has 0 heterocycles. The Balaban J connectivity index is 2.21. The van der Waals surface area contributed by atoms with Crippen LogP contribution in [0, 0.1) is 6.92 Å². The van der Waals surface area contributed by atoms with Crippen molar-refractivity contribution in [1.82, 2.24) is 5.32 Å². The number of nitrogens with one attached hydrogen (secondary N) is 1. The molecular formula is C21H26ClNO5. The highest BCUT2D eigenvalue weighted by atomic mass is 35.5. The summed E-state index contributed by atoms with van der Waals surface area (Å²) in [5, 5.41) is 3.24. The number of aryl methyl sites for hydroxylation is 1. The van der Waals surface area contributed by atoms with Crippen molar-refractivity contribution < 1.29 is 23.7 Å². The Kier molecular flexibility index (Phi) is 9.07. The van der Waals surface area contributed by atoms with Crippen LogP contribution in [0.1, 0.15) is 22.8 Å². The molecule has 1 N–H and O–H groups in total. The van der Waals surface area contributed by atoms with Crippen molar-refractivity contribution in [3.63, 3.8) is 0 Å². The molecular weight excluding hydrogens is 382 g/mol. The molecule has 2 aromatic rings. The van der Waals surface area contributed by atoms with Crippen molar-refractivity contribution in [2.24, 2.45) is 0 Å². The van der Waals surface area contributed by atoms with Gasteiger partial charge >= 0.3 is 6.09 Å². The fourth-order valence-corrected chi connectivity index (χ4v) is 2.91. The molecule has 0 fully saturated rings. The van der Waals surface area contributed by atoms with E-state index in [1.807, 2.05) is 49.4 Å². The summed E-state index contributed by atoms with van der Waals surface area (Å²) in [5.41, 5.74) is 2.90. The van der Waals surface area contributed by atoms with E-state index in [9.17, 15) is 4.79 Å². The second kappa shape index (κ2) is 11.5. The zero-order chi connectivity index (χ0) is 20.4. The largest absolute Gasteiger partial charge is 0.491 e. The van der Waals surface area contributed by atoms with Crippen molar-refractivity contribution in [2.75, 3.05) is 40.6 Å². The number of hydrogen-bond acceptors (Lipinski definition) is 5. The van der Waals surface area contributed by atoms with E-state index in [-0.39, 0.29) is 6.10 Å². The number of alkyl carbamates (subject to hydrolysis) is 1. The minimum Gasteiger partial charge on any atom is -0.491 e. The molecule has 6 nitrogen and oxygen atoms in total. The van der Waals surface area contributed by atoms with E-state index in [2.05, 4.69) is 10.1 Å². The van der Waals surface area contributed by atoms with E-state index in [0.717, 1.165) is 22.4 Å². The monoisotopic (exact) mass is 407 g/mol. The Hall–Kier alpha value is -2.28. The molecule has 0 saturated carbocycles. The van der Waals surface area contributed by atoms with Gasteiger partial charge in [-0.25, -0.2) is 4.79 Å². The molecule has 0 aliphatic carbocycles. The Morgan fingerprint density at radius 3 is 2.61 bits per heavy atom. The van der Waals surface area contributed by atoms with Gasteiger partial charge in [-0.2, -0.15) is 0 Å². The van der Waals surface area contributed by atoms with Gasteiger partial charge in [0.25, 0.3) is 0 Å². The minimum atomic E-state index is -0.493. The van der Waals surface area contributed by atoms with E-state index in [1.165, 1.54) is 7.11 Å². The summed E-state index contributed by atoms with van der Waals surface area (Å²) in [6.07, 6.45) is -0.852. The van der Waals surface area contributed by atoms with Crippen LogP contribution < -0.4 is 10.1 Å². The van der Waals surface area contributed by atoms with Crippen LogP contribution >= 0.6 is 11.6 Å². The lowest BCUT2D eigenvalue weighted by atomic mass is 9.99. The fourth-order valence-electron chi connectivity index (χ4n) is 2.71. The van der Waals surface area contributed by atoms with Crippen LogP contribution in [0.3, 0.4) is 0 Å². The van der Waals surface area contributed by atoms with E-state index in [1.54, 1.807) is 7.11 Å². The molecule has 0 bridgehead atoms. The quantitative estimate of drug-likeness (QED) is 0.600. The summed E-state index contributed by atoms with van der Waals surface area (Å²) in [6.45, 7) is 3.61. The predicted octanol–water partition coefficient (Wildman–Crippen LogP) is 4.14. The van der Waals surface area contributed by atoms with Gasteiger partial charge in [0.15, 0.2) is 0 Å². The molecule has 0 spiro atoms. The van der Waals surface area contributed by atoms with Gasteiger partial charge in [-0.05, 0) is 47.9 Å². The zero-order valence-electron chi connectivity index (χ0n) is 16.4. The van der Waals surface area contributed by atoms with Gasteiger partial charge in [0.2, 0.25) is 0 Å². The first-order valence-corrected chi connectivity index (χ1v) is 9.33. The first kappa shape index (κ1) is 22.0. The van der Waals surface area contributed by atoms with Crippen LogP contribution in [-0.2, 0) is 14.2 Å². The van der Waals surface area contributed by atoms with Crippen LogP contribution in [0.15, 0.2) is 42.5 Å². The molecule has 0 saturated heterocycles. The molecule has 152 valence electrons. The normalized spacial score (nSPS) is 11.7. The predicted molar refractivity (Wildman–Crippen MR) is 108 cm³/mol. The molecule has 1 atom stereocenters. The van der Waals surface area contributed by atoms with Crippen molar-refractivity contribution in [1.29, 1.82) is 0 Å². The lowest BCUT2D eigenvalue weighted by Crippen LogP contribution is -2.27. The summed E-state index contributed by atoms with van der Waals surface area (Å²) >= 11 is 6.18. The van der Waals surface area contributed by atoms with Crippen LogP contribution in [-0.4, -0.2) is 46.7 Å². The van der Waals surface area contributed by atoms with Gasteiger partial charge in [0.05, 0.1) is 20.3 Å². The summed E-state index contributed by atoms with van der Waals surface area (Å²) < 4.78 is 21.5. The van der Waals surface area contributed by atoms with E-state index >= 15 is 0 Å². The number of halogens is 1. The van der Waals surface area contributed by atoms with Gasteiger partial charge in [-0.15, -0.1) is 0 Å². The van der Waals surface area contributed by atoms with Gasteiger partial charge in [-0.3, -0.25) is 0 Å². The van der Waals surface area contributed by atoms with Crippen molar-refractivity contribution in [3.05, 3.63) is 64.2 Å². The maximum Gasteiger partial charge on any atom is 0.406 e. The lowest BCUT2D eigenvalue weighted by molar-refractivity contribution is 0.0803. The van der Waals surface area contributed by atoms with Gasteiger partial charge in [0, 0.05) is 18.7 Å². The number of hydrogen-bond donors (Lipinski definition) is 1. The van der Waals surface area contributed by atoms with Crippen LogP contribution in [0.5, 0.6) is 5.75 Å². The molecule has 1 unspecified atom stereocenters. The molecule has 0 aliphatic rings. The summed E-state index contributed by atoms with van der Waals surface area (Å²) in [7, 11) is 2.96. The summed E-state index contributed by atoms with van der Waals surface area (Å²) in [5.74, 6) is 0.746. The van der Waals surface area contributed by atoms with Crippen LogP contribution in [0.4, 0.5) is 4.79 Å². The van der Waals surface area contributed by atoms with Gasteiger partial charge in [-0.1, -0.05) is 29.8 Å². The molecule has 2 aromatic carbocycles. The number of methoxy groups -OCH3 is 2. The topological polar surface area (TPSA) is 66.0 Å². The van der Waals surface area contributed by atoms with E-state index in [4.69, 9.17) is 25.8 Å². The number of rotatable bonds is 10. The second-order valence-corrected chi connectivity index (χ2v) is 6.58. The highest BCUT2D eigenvalue weighted by molar-refractivity contribution is 6.30. The Morgan fingerprint density at radius 2 is 1.89 bits per heavy atom. The van der Waals surface area contributed by atoms with Crippen molar-refractivity contribution in [2.45, 2.75) is 13.0 Å². The smallest absolute Gasteiger partial charge is 0.406 e. The minimum absolute atomic E-state index is 0.306. The maximum absolute atomic E-state index is 11.2. The highest BCUT2D eigenvalue weighted by Gasteiger charge is 2.17. The number of amides is 1. The third-order valence-electron chi connectivity index (χ3n) is 3.92. The Labute approximate surface area is 170 Å². The second-order valence-electron chi connectivity index (χ2n) is 6.14. The maximum atomic E-state index is 11.2. The van der Waals surface area contributed by atoms with Crippen LogP contribution in [0.2, 0.25) is 5.02 Å². The van der Waals surface area contributed by atoms with E-state index in [0.29, 0.717) is 31.4 Å². The lowest BCUT2D eigenvalue weighted by Gasteiger charge is -2.21. The number of ether oxygens (including phenoxy) is 4. The Bertz CT molecular complexity index is 768. The van der Waals surface area contributed by atoms with Gasteiger partial charge < -0.3 is 24.3 Å². The van der Waals surface area contributed by atoms with Crippen molar-refractivity contribution in [3.8, 4) is 5.75 Å². The van der Waals surface area contributed by atoms with Crippen LogP contribution in [0.25, 0.3) is 0 Å².